The van der Waals surface area contributed by atoms with E-state index in [9.17, 15) is 4.79 Å². The van der Waals surface area contributed by atoms with E-state index in [1.165, 1.54) is 6.07 Å². The molecule has 1 aliphatic heterocycles. The molecule has 0 aromatic heterocycles. The van der Waals surface area contributed by atoms with Crippen molar-refractivity contribution in [2.24, 2.45) is 0 Å². The molecule has 1 saturated heterocycles. The summed E-state index contributed by atoms with van der Waals surface area (Å²) in [4.78, 5) is 11.8. The highest BCUT2D eigenvalue weighted by Gasteiger charge is 2.51. The fraction of sp³-hybridized carbons (Fsp3) is 0.350. The van der Waals surface area contributed by atoms with Gasteiger partial charge < -0.3 is 14.0 Å². The SMILES string of the molecule is CC1(C)OB(c2ccc(COc3cccccc3=O)cc2)OC1(C)C. The molecule has 0 amide bonds. The van der Waals surface area contributed by atoms with Gasteiger partial charge in [0, 0.05) is 0 Å². The number of hydrogen-bond acceptors (Lipinski definition) is 4. The highest BCUT2D eigenvalue weighted by atomic mass is 16.7. The molecule has 4 nitrogen and oxygen atoms in total. The van der Waals surface area contributed by atoms with Crippen LogP contribution in [0.2, 0.25) is 0 Å². The van der Waals surface area contributed by atoms with Crippen LogP contribution in [0.4, 0.5) is 0 Å². The lowest BCUT2D eigenvalue weighted by Crippen LogP contribution is -2.41. The molecular formula is C20H23BO4. The first-order chi connectivity index (χ1) is 11.8. The van der Waals surface area contributed by atoms with Gasteiger partial charge >= 0.3 is 7.12 Å². The van der Waals surface area contributed by atoms with E-state index in [0.717, 1.165) is 11.0 Å². The molecule has 25 heavy (non-hydrogen) atoms. The lowest BCUT2D eigenvalue weighted by molar-refractivity contribution is 0.00578. The monoisotopic (exact) mass is 338 g/mol. The molecule has 0 bridgehead atoms. The summed E-state index contributed by atoms with van der Waals surface area (Å²) in [5, 5.41) is 0. The molecule has 5 heteroatoms. The predicted octanol–water partition coefficient (Wildman–Crippen LogP) is 2.93. The van der Waals surface area contributed by atoms with Gasteiger partial charge in [-0.15, -0.1) is 0 Å². The molecule has 2 aromatic carbocycles. The zero-order valence-corrected chi connectivity index (χ0v) is 15.1. The van der Waals surface area contributed by atoms with Gasteiger partial charge in [-0.1, -0.05) is 42.5 Å². The van der Waals surface area contributed by atoms with E-state index >= 15 is 0 Å². The molecule has 0 N–H and O–H groups in total. The van der Waals surface area contributed by atoms with Gasteiger partial charge in [-0.3, -0.25) is 4.79 Å². The molecule has 0 aliphatic carbocycles. The van der Waals surface area contributed by atoms with Crippen LogP contribution in [-0.4, -0.2) is 18.3 Å². The van der Waals surface area contributed by atoms with Crippen molar-refractivity contribution < 1.29 is 14.0 Å². The zero-order valence-electron chi connectivity index (χ0n) is 15.1. The van der Waals surface area contributed by atoms with Gasteiger partial charge in [-0.2, -0.15) is 0 Å². The summed E-state index contributed by atoms with van der Waals surface area (Å²) in [7, 11) is -0.374. The van der Waals surface area contributed by atoms with Crippen LogP contribution in [0.25, 0.3) is 0 Å². The predicted molar refractivity (Wildman–Crippen MR) is 99.2 cm³/mol. The summed E-state index contributed by atoms with van der Waals surface area (Å²) in [5.41, 5.74) is 1.11. The van der Waals surface area contributed by atoms with Crippen molar-refractivity contribution in [2.45, 2.75) is 45.5 Å². The second-order valence-corrected chi connectivity index (χ2v) is 7.26. The smallest absolute Gasteiger partial charge is 0.485 e. The average molecular weight is 338 g/mol. The first-order valence-corrected chi connectivity index (χ1v) is 8.45. The van der Waals surface area contributed by atoms with E-state index in [0.29, 0.717) is 12.4 Å². The Labute approximate surface area is 148 Å². The molecule has 0 saturated carbocycles. The molecule has 0 spiro atoms. The number of rotatable bonds is 4. The summed E-state index contributed by atoms with van der Waals surface area (Å²) >= 11 is 0. The van der Waals surface area contributed by atoms with Gasteiger partial charge in [-0.05, 0) is 50.9 Å². The largest absolute Gasteiger partial charge is 0.494 e. The molecule has 2 aromatic rings. The molecule has 3 rings (SSSR count). The van der Waals surface area contributed by atoms with E-state index in [-0.39, 0.29) is 23.7 Å². The molecule has 0 atom stereocenters. The maximum atomic E-state index is 11.8. The Balaban J connectivity index is 1.68. The Morgan fingerprint density at radius 1 is 0.880 bits per heavy atom. The molecule has 1 heterocycles. The Morgan fingerprint density at radius 2 is 1.48 bits per heavy atom. The number of ether oxygens (including phenoxy) is 1. The second-order valence-electron chi connectivity index (χ2n) is 7.26. The minimum atomic E-state index is -0.374. The zero-order chi connectivity index (χ0) is 18.1. The van der Waals surface area contributed by atoms with E-state index < -0.39 is 0 Å². The molecule has 0 unspecified atom stereocenters. The Bertz CT molecular complexity index is 783. The van der Waals surface area contributed by atoms with Crippen LogP contribution in [0.3, 0.4) is 0 Å². The lowest BCUT2D eigenvalue weighted by atomic mass is 9.79. The molecule has 1 aliphatic rings. The van der Waals surface area contributed by atoms with Crippen LogP contribution in [-0.2, 0) is 15.9 Å². The maximum Gasteiger partial charge on any atom is 0.494 e. The minimum Gasteiger partial charge on any atom is -0.485 e. The summed E-state index contributed by atoms with van der Waals surface area (Å²) < 4.78 is 17.7. The van der Waals surface area contributed by atoms with Crippen molar-refractivity contribution >= 4 is 12.6 Å². The minimum absolute atomic E-state index is 0.126. The topological polar surface area (TPSA) is 44.8 Å². The van der Waals surface area contributed by atoms with Gasteiger partial charge in [0.2, 0.25) is 5.43 Å². The van der Waals surface area contributed by atoms with Crippen molar-refractivity contribution in [1.29, 1.82) is 0 Å². The molecular weight excluding hydrogens is 315 g/mol. The molecule has 0 radical (unpaired) electrons. The summed E-state index contributed by atoms with van der Waals surface area (Å²) in [6.07, 6.45) is 0. The molecule has 130 valence electrons. The fourth-order valence-electron chi connectivity index (χ4n) is 2.54. The van der Waals surface area contributed by atoms with E-state index in [4.69, 9.17) is 14.0 Å². The van der Waals surface area contributed by atoms with Crippen molar-refractivity contribution in [3.05, 3.63) is 70.4 Å². The van der Waals surface area contributed by atoms with E-state index in [1.54, 1.807) is 24.3 Å². The van der Waals surface area contributed by atoms with Gasteiger partial charge in [-0.25, -0.2) is 0 Å². The van der Waals surface area contributed by atoms with Crippen molar-refractivity contribution in [2.75, 3.05) is 0 Å². The van der Waals surface area contributed by atoms with Crippen LogP contribution >= 0.6 is 0 Å². The highest BCUT2D eigenvalue weighted by molar-refractivity contribution is 6.62. The number of benzene rings is 1. The second kappa shape index (κ2) is 6.66. The van der Waals surface area contributed by atoms with E-state index in [2.05, 4.69) is 0 Å². The third-order valence-corrected chi connectivity index (χ3v) is 4.86. The fourth-order valence-corrected chi connectivity index (χ4v) is 2.54. The normalized spacial score (nSPS) is 18.2. The third kappa shape index (κ3) is 3.78. The molecule has 1 fully saturated rings. The van der Waals surface area contributed by atoms with Crippen molar-refractivity contribution in [3.8, 4) is 5.75 Å². The van der Waals surface area contributed by atoms with E-state index in [1.807, 2.05) is 52.0 Å². The quantitative estimate of drug-likeness (QED) is 0.804. The summed E-state index contributed by atoms with van der Waals surface area (Å²) in [5.74, 6) is 0.347. The van der Waals surface area contributed by atoms with Crippen LogP contribution in [0.15, 0.2) is 59.4 Å². The van der Waals surface area contributed by atoms with Crippen molar-refractivity contribution in [1.82, 2.24) is 0 Å². The van der Waals surface area contributed by atoms with Gasteiger partial charge in [0.1, 0.15) is 6.61 Å². The first-order valence-electron chi connectivity index (χ1n) is 8.45. The third-order valence-electron chi connectivity index (χ3n) is 4.86. The number of hydrogen-bond donors (Lipinski definition) is 0. The Hall–Kier alpha value is -2.11. The Kier molecular flexibility index (Phi) is 4.72. The van der Waals surface area contributed by atoms with Gasteiger partial charge in [0.15, 0.2) is 5.75 Å². The van der Waals surface area contributed by atoms with Crippen LogP contribution in [0.5, 0.6) is 5.75 Å². The first kappa shape index (κ1) is 17.7. The van der Waals surface area contributed by atoms with Gasteiger partial charge in [0.25, 0.3) is 0 Å². The average Bonchev–Trinajstić information content (AvgIpc) is 2.68. The van der Waals surface area contributed by atoms with Crippen LogP contribution in [0.1, 0.15) is 33.3 Å². The van der Waals surface area contributed by atoms with Crippen LogP contribution in [0, 0.1) is 0 Å². The highest BCUT2D eigenvalue weighted by Crippen LogP contribution is 2.36. The standard InChI is InChI=1S/C20H23BO4/c1-19(2)20(3,4)25-21(24-19)16-12-10-15(11-13-16)14-23-18-9-7-5-6-8-17(18)22/h5-13H,14H2,1-4H3. The Morgan fingerprint density at radius 3 is 2.12 bits per heavy atom. The summed E-state index contributed by atoms with van der Waals surface area (Å²) in [6, 6.07) is 16.4. The van der Waals surface area contributed by atoms with Gasteiger partial charge in [0.05, 0.1) is 11.2 Å². The van der Waals surface area contributed by atoms with Crippen molar-refractivity contribution in [3.63, 3.8) is 0 Å². The summed E-state index contributed by atoms with van der Waals surface area (Å²) in [6.45, 7) is 8.49. The lowest BCUT2D eigenvalue weighted by Gasteiger charge is -2.32. The van der Waals surface area contributed by atoms with Crippen LogP contribution < -0.4 is 15.6 Å². The maximum absolute atomic E-state index is 11.8.